The molecule has 1 amide bonds. The van der Waals surface area contributed by atoms with Crippen LogP contribution in [0, 0.1) is 0 Å². The minimum Gasteiger partial charge on any atom is -0.382 e. The lowest BCUT2D eigenvalue weighted by atomic mass is 10.2. The standard InChI is InChI=1S/C13H20N4O2S/c1-17(7-9-3-2-6-19-9)12(18)10-11(14)16-13(20-10)15-8-4-5-8/h8-9H,2-7,14H2,1H3,(H,15,16). The summed E-state index contributed by atoms with van der Waals surface area (Å²) >= 11 is 1.34. The van der Waals surface area contributed by atoms with E-state index in [0.29, 0.717) is 23.3 Å². The number of rotatable bonds is 5. The quantitative estimate of drug-likeness (QED) is 0.861. The van der Waals surface area contributed by atoms with Gasteiger partial charge in [-0.3, -0.25) is 4.79 Å². The third kappa shape index (κ3) is 3.04. The molecule has 20 heavy (non-hydrogen) atoms. The lowest BCUT2D eigenvalue weighted by molar-refractivity contribution is 0.0591. The Labute approximate surface area is 122 Å². The van der Waals surface area contributed by atoms with Crippen molar-refractivity contribution in [2.75, 3.05) is 31.2 Å². The van der Waals surface area contributed by atoms with Gasteiger partial charge in [0.2, 0.25) is 0 Å². The highest BCUT2D eigenvalue weighted by atomic mass is 32.1. The number of nitrogens with zero attached hydrogens (tertiary/aromatic N) is 2. The number of carbonyl (C=O) groups excluding carboxylic acids is 1. The van der Waals surface area contributed by atoms with Gasteiger partial charge in [-0.2, -0.15) is 0 Å². The molecule has 0 spiro atoms. The summed E-state index contributed by atoms with van der Waals surface area (Å²) in [4.78, 5) is 18.8. The fourth-order valence-corrected chi connectivity index (χ4v) is 3.26. The molecule has 1 saturated heterocycles. The molecular weight excluding hydrogens is 276 g/mol. The number of nitrogens with one attached hydrogen (secondary N) is 1. The SMILES string of the molecule is CN(CC1CCCO1)C(=O)c1sc(NC2CC2)nc1N. The topological polar surface area (TPSA) is 80.5 Å². The number of hydrogen-bond acceptors (Lipinski definition) is 6. The van der Waals surface area contributed by atoms with Crippen LogP contribution in [0.4, 0.5) is 10.9 Å². The summed E-state index contributed by atoms with van der Waals surface area (Å²) in [6, 6.07) is 0.508. The largest absolute Gasteiger partial charge is 0.382 e. The second-order valence-electron chi connectivity index (χ2n) is 5.47. The van der Waals surface area contributed by atoms with E-state index in [1.165, 1.54) is 24.2 Å². The van der Waals surface area contributed by atoms with Crippen molar-refractivity contribution in [3.05, 3.63) is 4.88 Å². The average Bonchev–Trinajstić information content (AvgIpc) is 2.93. The Bertz CT molecular complexity index is 495. The van der Waals surface area contributed by atoms with Gasteiger partial charge in [0.25, 0.3) is 5.91 Å². The summed E-state index contributed by atoms with van der Waals surface area (Å²) in [6.07, 6.45) is 4.58. The van der Waals surface area contributed by atoms with Crippen molar-refractivity contribution in [3.8, 4) is 0 Å². The van der Waals surface area contributed by atoms with Gasteiger partial charge in [0, 0.05) is 26.2 Å². The highest BCUT2D eigenvalue weighted by molar-refractivity contribution is 7.18. The minimum atomic E-state index is -0.0700. The van der Waals surface area contributed by atoms with E-state index < -0.39 is 0 Å². The molecule has 3 N–H and O–H groups in total. The molecule has 1 saturated carbocycles. The molecular formula is C13H20N4O2S. The molecule has 0 bridgehead atoms. The number of amides is 1. The molecule has 6 nitrogen and oxygen atoms in total. The van der Waals surface area contributed by atoms with Gasteiger partial charge in [-0.15, -0.1) is 0 Å². The third-order valence-corrected chi connectivity index (χ3v) is 4.59. The highest BCUT2D eigenvalue weighted by Gasteiger charge is 2.26. The van der Waals surface area contributed by atoms with Crippen LogP contribution in [0.2, 0.25) is 0 Å². The maximum absolute atomic E-state index is 12.4. The summed E-state index contributed by atoms with van der Waals surface area (Å²) < 4.78 is 5.56. The Morgan fingerprint density at radius 3 is 3.00 bits per heavy atom. The van der Waals surface area contributed by atoms with Crippen LogP contribution in [0.25, 0.3) is 0 Å². The van der Waals surface area contributed by atoms with Crippen LogP contribution in [-0.4, -0.2) is 48.1 Å². The Morgan fingerprint density at radius 2 is 2.35 bits per heavy atom. The van der Waals surface area contributed by atoms with Crippen LogP contribution in [0.15, 0.2) is 0 Å². The molecule has 1 aliphatic carbocycles. The third-order valence-electron chi connectivity index (χ3n) is 3.60. The predicted molar refractivity (Wildman–Crippen MR) is 79.1 cm³/mol. The van der Waals surface area contributed by atoms with Crippen molar-refractivity contribution in [2.24, 2.45) is 0 Å². The zero-order chi connectivity index (χ0) is 14.1. The second-order valence-corrected chi connectivity index (χ2v) is 6.47. The second kappa shape index (κ2) is 5.57. The molecule has 7 heteroatoms. The van der Waals surface area contributed by atoms with Crippen molar-refractivity contribution in [3.63, 3.8) is 0 Å². The first-order chi connectivity index (χ1) is 9.63. The molecule has 1 unspecified atom stereocenters. The predicted octanol–water partition coefficient (Wildman–Crippen LogP) is 1.55. The number of thiazole rings is 1. The molecule has 110 valence electrons. The van der Waals surface area contributed by atoms with Crippen molar-refractivity contribution in [2.45, 2.75) is 37.8 Å². The van der Waals surface area contributed by atoms with E-state index in [0.717, 1.165) is 24.6 Å². The van der Waals surface area contributed by atoms with Gasteiger partial charge < -0.3 is 20.7 Å². The zero-order valence-corrected chi connectivity index (χ0v) is 12.4. The molecule has 2 aliphatic rings. The lowest BCUT2D eigenvalue weighted by Crippen LogP contribution is -2.34. The molecule has 2 heterocycles. The normalized spacial score (nSPS) is 21.9. The van der Waals surface area contributed by atoms with Crippen molar-refractivity contribution < 1.29 is 9.53 Å². The fourth-order valence-electron chi connectivity index (χ4n) is 2.30. The van der Waals surface area contributed by atoms with E-state index in [1.54, 1.807) is 11.9 Å². The monoisotopic (exact) mass is 296 g/mol. The van der Waals surface area contributed by atoms with Crippen molar-refractivity contribution in [1.29, 1.82) is 0 Å². The minimum absolute atomic E-state index is 0.0700. The highest BCUT2D eigenvalue weighted by Crippen LogP contribution is 2.31. The maximum Gasteiger partial charge on any atom is 0.267 e. The van der Waals surface area contributed by atoms with Gasteiger partial charge in [0.15, 0.2) is 5.13 Å². The Kier molecular flexibility index (Phi) is 3.80. The Balaban J connectivity index is 1.63. The number of likely N-dealkylation sites (N-methyl/N-ethyl adjacent to an activating group) is 1. The fraction of sp³-hybridized carbons (Fsp3) is 0.692. The number of anilines is 2. The van der Waals surface area contributed by atoms with E-state index >= 15 is 0 Å². The van der Waals surface area contributed by atoms with E-state index in [-0.39, 0.29) is 12.0 Å². The van der Waals surface area contributed by atoms with E-state index in [2.05, 4.69) is 10.3 Å². The number of ether oxygens (including phenoxy) is 1. The van der Waals surface area contributed by atoms with E-state index in [1.807, 2.05) is 0 Å². The molecule has 0 radical (unpaired) electrons. The van der Waals surface area contributed by atoms with Crippen LogP contribution in [0.1, 0.15) is 35.4 Å². The molecule has 1 aromatic rings. The van der Waals surface area contributed by atoms with E-state index in [9.17, 15) is 4.79 Å². The zero-order valence-electron chi connectivity index (χ0n) is 11.6. The Hall–Kier alpha value is -1.34. The summed E-state index contributed by atoms with van der Waals surface area (Å²) in [6.45, 7) is 1.41. The van der Waals surface area contributed by atoms with Crippen LogP contribution < -0.4 is 11.1 Å². The molecule has 1 atom stereocenters. The smallest absolute Gasteiger partial charge is 0.267 e. The van der Waals surface area contributed by atoms with Crippen LogP contribution in [0.3, 0.4) is 0 Å². The summed E-state index contributed by atoms with van der Waals surface area (Å²) in [5.74, 6) is 0.252. The van der Waals surface area contributed by atoms with Crippen molar-refractivity contribution >= 4 is 28.2 Å². The molecule has 1 aliphatic heterocycles. The van der Waals surface area contributed by atoms with Gasteiger partial charge in [-0.25, -0.2) is 4.98 Å². The van der Waals surface area contributed by atoms with Gasteiger partial charge >= 0.3 is 0 Å². The van der Waals surface area contributed by atoms with Crippen LogP contribution >= 0.6 is 11.3 Å². The number of aromatic nitrogens is 1. The van der Waals surface area contributed by atoms with Gasteiger partial charge in [0.05, 0.1) is 6.10 Å². The Morgan fingerprint density at radius 1 is 1.55 bits per heavy atom. The summed E-state index contributed by atoms with van der Waals surface area (Å²) in [5.41, 5.74) is 5.86. The number of nitrogens with two attached hydrogens (primary N) is 1. The molecule has 2 fully saturated rings. The van der Waals surface area contributed by atoms with Gasteiger partial charge in [-0.1, -0.05) is 11.3 Å². The first kappa shape index (κ1) is 13.6. The average molecular weight is 296 g/mol. The van der Waals surface area contributed by atoms with E-state index in [4.69, 9.17) is 10.5 Å². The maximum atomic E-state index is 12.4. The molecule has 0 aromatic carbocycles. The van der Waals surface area contributed by atoms with Gasteiger partial charge in [-0.05, 0) is 25.7 Å². The number of nitrogen functional groups attached to an aromatic ring is 1. The lowest BCUT2D eigenvalue weighted by Gasteiger charge is -2.20. The summed E-state index contributed by atoms with van der Waals surface area (Å²) in [5, 5.41) is 4.02. The van der Waals surface area contributed by atoms with Gasteiger partial charge in [0.1, 0.15) is 10.7 Å². The van der Waals surface area contributed by atoms with Crippen LogP contribution in [0.5, 0.6) is 0 Å². The molecule has 1 aromatic heterocycles. The van der Waals surface area contributed by atoms with Crippen molar-refractivity contribution in [1.82, 2.24) is 9.88 Å². The number of hydrogen-bond donors (Lipinski definition) is 2. The first-order valence-corrected chi connectivity index (χ1v) is 7.85. The summed E-state index contributed by atoms with van der Waals surface area (Å²) in [7, 11) is 1.79. The molecule has 3 rings (SSSR count). The first-order valence-electron chi connectivity index (χ1n) is 7.03. The number of carbonyl (C=O) groups is 1. The van der Waals surface area contributed by atoms with Crippen LogP contribution in [-0.2, 0) is 4.74 Å².